The molecule has 0 aliphatic carbocycles. The van der Waals surface area contributed by atoms with Gasteiger partial charge in [0.1, 0.15) is 5.37 Å². The number of pyridine rings is 1. The molecule has 2 atom stereocenters. The smallest absolute Gasteiger partial charge is 0.295 e. The van der Waals surface area contributed by atoms with Gasteiger partial charge in [-0.3, -0.25) is 14.7 Å². The Morgan fingerprint density at radius 3 is 2.71 bits per heavy atom. The highest BCUT2D eigenvalue weighted by atomic mass is 32.2. The Balaban J connectivity index is 1.96. The molecule has 3 nitrogen and oxygen atoms in total. The molecule has 2 heterocycles. The lowest BCUT2D eigenvalue weighted by atomic mass is 10.2. The number of aromatic nitrogens is 1. The molecular weight excluding hydrogens is 357 g/mol. The number of amides is 1. The zero-order chi connectivity index (χ0) is 17.3. The molecular formula is C16H13F3N2OS2. The van der Waals surface area contributed by atoms with E-state index in [4.69, 9.17) is 0 Å². The number of hydrogen-bond donors (Lipinski definition) is 0. The molecule has 2 unspecified atom stereocenters. The minimum atomic E-state index is -4.36. The van der Waals surface area contributed by atoms with Crippen molar-refractivity contribution in [2.45, 2.75) is 28.0 Å². The van der Waals surface area contributed by atoms with Gasteiger partial charge in [0.2, 0.25) is 5.91 Å². The zero-order valence-electron chi connectivity index (χ0n) is 12.5. The number of carbonyl (C=O) groups excluding carboxylic acids is 1. The first-order valence-corrected chi connectivity index (χ1v) is 8.85. The van der Waals surface area contributed by atoms with E-state index in [9.17, 15) is 18.0 Å². The second-order valence-corrected chi connectivity index (χ2v) is 7.73. The molecule has 2 aromatic rings. The van der Waals surface area contributed by atoms with E-state index in [1.807, 2.05) is 6.07 Å². The maximum absolute atomic E-state index is 12.6. The van der Waals surface area contributed by atoms with E-state index >= 15 is 0 Å². The molecule has 1 aromatic carbocycles. The Morgan fingerprint density at radius 1 is 1.25 bits per heavy atom. The molecule has 0 bridgehead atoms. The van der Waals surface area contributed by atoms with Crippen LogP contribution in [0.15, 0.2) is 53.7 Å². The first kappa shape index (κ1) is 17.2. The van der Waals surface area contributed by atoms with Crippen LogP contribution in [0.5, 0.6) is 0 Å². The normalized spacial score (nSPS) is 21.3. The number of nitrogens with zero attached hydrogens (tertiary/aromatic N) is 2. The van der Waals surface area contributed by atoms with Crippen LogP contribution < -0.4 is 4.90 Å². The third kappa shape index (κ3) is 3.70. The summed E-state index contributed by atoms with van der Waals surface area (Å²) in [7, 11) is 0. The summed E-state index contributed by atoms with van der Waals surface area (Å²) in [4.78, 5) is 18.2. The van der Waals surface area contributed by atoms with Crippen LogP contribution in [0.1, 0.15) is 17.9 Å². The minimum absolute atomic E-state index is 0.0577. The Bertz CT molecular complexity index is 740. The van der Waals surface area contributed by atoms with Crippen LogP contribution in [0.3, 0.4) is 0 Å². The second-order valence-electron chi connectivity index (χ2n) is 5.17. The molecule has 0 saturated carbocycles. The van der Waals surface area contributed by atoms with Gasteiger partial charge in [0.25, 0.3) is 0 Å². The second kappa shape index (κ2) is 6.68. The lowest BCUT2D eigenvalue weighted by molar-refractivity contribution is -0.117. The molecule has 1 amide bonds. The van der Waals surface area contributed by atoms with Crippen molar-refractivity contribution in [3.8, 4) is 0 Å². The van der Waals surface area contributed by atoms with Crippen LogP contribution >= 0.6 is 23.5 Å². The van der Waals surface area contributed by atoms with Gasteiger partial charge < -0.3 is 0 Å². The topological polar surface area (TPSA) is 33.2 Å². The summed E-state index contributed by atoms with van der Waals surface area (Å²) in [5.74, 6) is -0.122. The molecule has 1 aliphatic rings. The SMILES string of the molecule is CC1SC(c2cccnc2)N(c2cccc(SC(F)(F)F)c2)C1=O. The molecule has 1 saturated heterocycles. The van der Waals surface area contributed by atoms with Crippen LogP contribution in [0.25, 0.3) is 0 Å². The fourth-order valence-electron chi connectivity index (χ4n) is 2.47. The highest BCUT2D eigenvalue weighted by molar-refractivity contribution is 8.01. The number of hydrogen-bond acceptors (Lipinski definition) is 4. The van der Waals surface area contributed by atoms with Crippen LogP contribution in [-0.4, -0.2) is 21.6 Å². The molecule has 0 radical (unpaired) electrons. The summed E-state index contributed by atoms with van der Waals surface area (Å²) < 4.78 is 37.8. The molecule has 8 heteroatoms. The number of benzene rings is 1. The van der Waals surface area contributed by atoms with Gasteiger partial charge in [-0.05, 0) is 43.0 Å². The van der Waals surface area contributed by atoms with E-state index in [0.717, 1.165) is 5.56 Å². The van der Waals surface area contributed by atoms with Gasteiger partial charge >= 0.3 is 5.51 Å². The highest BCUT2D eigenvalue weighted by Gasteiger charge is 2.40. The quantitative estimate of drug-likeness (QED) is 0.723. The van der Waals surface area contributed by atoms with E-state index < -0.39 is 5.51 Å². The van der Waals surface area contributed by atoms with E-state index in [2.05, 4.69) is 4.98 Å². The fourth-order valence-corrected chi connectivity index (χ4v) is 4.32. The molecule has 0 N–H and O–H groups in total. The predicted octanol–water partition coefficient (Wildman–Crippen LogP) is 4.86. The van der Waals surface area contributed by atoms with Crippen molar-refractivity contribution in [3.63, 3.8) is 0 Å². The summed E-state index contributed by atoms with van der Waals surface area (Å²) in [5.41, 5.74) is -3.06. The summed E-state index contributed by atoms with van der Waals surface area (Å²) in [6.45, 7) is 1.80. The number of halogens is 3. The van der Waals surface area contributed by atoms with Crippen molar-refractivity contribution in [1.82, 2.24) is 4.98 Å². The van der Waals surface area contributed by atoms with Gasteiger partial charge in [0, 0.05) is 28.5 Å². The molecule has 24 heavy (non-hydrogen) atoms. The fraction of sp³-hybridized carbons (Fsp3) is 0.250. The predicted molar refractivity (Wildman–Crippen MR) is 89.9 cm³/mol. The van der Waals surface area contributed by atoms with E-state index in [-0.39, 0.29) is 33.2 Å². The van der Waals surface area contributed by atoms with E-state index in [1.54, 1.807) is 36.4 Å². The van der Waals surface area contributed by atoms with Crippen molar-refractivity contribution in [3.05, 3.63) is 54.4 Å². The molecule has 0 spiro atoms. The van der Waals surface area contributed by atoms with Crippen LogP contribution in [0.2, 0.25) is 0 Å². The summed E-state index contributed by atoms with van der Waals surface area (Å²) in [5, 5.41) is -0.568. The number of thioether (sulfide) groups is 2. The maximum atomic E-state index is 12.6. The number of alkyl halides is 3. The van der Waals surface area contributed by atoms with Gasteiger partial charge in [-0.2, -0.15) is 13.2 Å². The molecule has 3 rings (SSSR count). The Hall–Kier alpha value is -1.67. The van der Waals surface area contributed by atoms with E-state index in [0.29, 0.717) is 5.69 Å². The Kier molecular flexibility index (Phi) is 4.78. The maximum Gasteiger partial charge on any atom is 0.446 e. The summed E-state index contributed by atoms with van der Waals surface area (Å²) in [6.07, 6.45) is 3.31. The summed E-state index contributed by atoms with van der Waals surface area (Å²) in [6, 6.07) is 9.61. The largest absolute Gasteiger partial charge is 0.446 e. The van der Waals surface area contributed by atoms with Crippen molar-refractivity contribution in [1.29, 1.82) is 0 Å². The van der Waals surface area contributed by atoms with Crippen LogP contribution in [0, 0.1) is 0 Å². The zero-order valence-corrected chi connectivity index (χ0v) is 14.2. The van der Waals surface area contributed by atoms with Crippen molar-refractivity contribution >= 4 is 35.1 Å². The van der Waals surface area contributed by atoms with Crippen LogP contribution in [-0.2, 0) is 4.79 Å². The van der Waals surface area contributed by atoms with Gasteiger partial charge in [-0.1, -0.05) is 12.1 Å². The first-order valence-electron chi connectivity index (χ1n) is 7.09. The number of anilines is 1. The molecule has 1 fully saturated rings. The third-order valence-corrected chi connectivity index (χ3v) is 5.52. The lowest BCUT2D eigenvalue weighted by Crippen LogP contribution is -2.30. The average molecular weight is 370 g/mol. The molecule has 126 valence electrons. The van der Waals surface area contributed by atoms with Crippen molar-refractivity contribution < 1.29 is 18.0 Å². The first-order chi connectivity index (χ1) is 11.3. The van der Waals surface area contributed by atoms with Crippen LogP contribution in [0.4, 0.5) is 18.9 Å². The van der Waals surface area contributed by atoms with Crippen molar-refractivity contribution in [2.24, 2.45) is 0 Å². The monoisotopic (exact) mass is 370 g/mol. The van der Waals surface area contributed by atoms with Gasteiger partial charge in [-0.25, -0.2) is 0 Å². The van der Waals surface area contributed by atoms with Gasteiger partial charge in [0.05, 0.1) is 5.25 Å². The van der Waals surface area contributed by atoms with E-state index in [1.165, 1.54) is 30.0 Å². The number of rotatable bonds is 3. The van der Waals surface area contributed by atoms with Gasteiger partial charge in [-0.15, -0.1) is 11.8 Å². The molecule has 1 aromatic heterocycles. The third-order valence-electron chi connectivity index (χ3n) is 3.45. The summed E-state index contributed by atoms with van der Waals surface area (Å²) >= 11 is 1.27. The van der Waals surface area contributed by atoms with Gasteiger partial charge in [0.15, 0.2) is 0 Å². The standard InChI is InChI=1S/C16H13F3N2OS2/c1-10-14(22)21(15(23-10)11-4-3-7-20-9-11)12-5-2-6-13(8-12)24-16(17,18)19/h2-10,15H,1H3. The lowest BCUT2D eigenvalue weighted by Gasteiger charge is -2.24. The Labute approximate surface area is 145 Å². The Morgan fingerprint density at radius 2 is 2.04 bits per heavy atom. The van der Waals surface area contributed by atoms with Crippen molar-refractivity contribution in [2.75, 3.05) is 4.90 Å². The highest BCUT2D eigenvalue weighted by Crippen LogP contribution is 2.46. The average Bonchev–Trinajstić information content (AvgIpc) is 2.82. The number of carbonyl (C=O) groups is 1. The molecule has 1 aliphatic heterocycles. The minimum Gasteiger partial charge on any atom is -0.295 e.